The zero-order valence-electron chi connectivity index (χ0n) is 18.1. The van der Waals surface area contributed by atoms with E-state index in [1.165, 1.54) is 62.9 Å². The molecule has 2 aliphatic heterocycles. The molecular weight excluding hydrogens is 362 g/mol. The lowest BCUT2D eigenvalue weighted by Gasteiger charge is -2.34. The Labute approximate surface area is 176 Å². The number of ether oxygens (including phenoxy) is 1. The monoisotopic (exact) mass is 399 g/mol. The van der Waals surface area contributed by atoms with Crippen molar-refractivity contribution >= 4 is 5.91 Å². The van der Waals surface area contributed by atoms with Gasteiger partial charge in [-0.1, -0.05) is 6.07 Å². The predicted molar refractivity (Wildman–Crippen MR) is 116 cm³/mol. The van der Waals surface area contributed by atoms with E-state index in [0.29, 0.717) is 0 Å². The first kappa shape index (κ1) is 20.7. The molecule has 2 heterocycles. The number of hydrogen-bond acceptors (Lipinski definition) is 4. The Bertz CT molecular complexity index is 679. The third kappa shape index (κ3) is 5.73. The average molecular weight is 400 g/mol. The molecule has 0 aromatic heterocycles. The lowest BCUT2D eigenvalue weighted by molar-refractivity contribution is -0.130. The normalized spacial score (nSPS) is 23.2. The minimum Gasteiger partial charge on any atom is -0.494 e. The Morgan fingerprint density at radius 2 is 1.83 bits per heavy atom. The van der Waals surface area contributed by atoms with Crippen LogP contribution in [0.2, 0.25) is 0 Å². The van der Waals surface area contributed by atoms with Crippen LogP contribution < -0.4 is 4.74 Å². The van der Waals surface area contributed by atoms with Crippen molar-refractivity contribution in [3.8, 4) is 5.75 Å². The highest BCUT2D eigenvalue weighted by Crippen LogP contribution is 2.29. The molecule has 1 unspecified atom stereocenters. The van der Waals surface area contributed by atoms with E-state index in [9.17, 15) is 4.79 Å². The second kappa shape index (κ2) is 9.94. The summed E-state index contributed by atoms with van der Waals surface area (Å²) in [5.41, 5.74) is 3.04. The van der Waals surface area contributed by atoms with Gasteiger partial charge in [0.1, 0.15) is 5.75 Å². The van der Waals surface area contributed by atoms with Crippen molar-refractivity contribution in [3.05, 3.63) is 29.3 Å². The molecule has 1 amide bonds. The van der Waals surface area contributed by atoms with Crippen molar-refractivity contribution in [2.45, 2.75) is 45.4 Å². The summed E-state index contributed by atoms with van der Waals surface area (Å²) >= 11 is 0. The van der Waals surface area contributed by atoms with Crippen LogP contribution in [-0.4, -0.2) is 79.6 Å². The maximum absolute atomic E-state index is 11.4. The van der Waals surface area contributed by atoms with Crippen LogP contribution in [0.3, 0.4) is 0 Å². The summed E-state index contributed by atoms with van der Waals surface area (Å²) in [5.74, 6) is 2.06. The third-order valence-corrected chi connectivity index (χ3v) is 6.93. The molecule has 1 aromatic rings. The van der Waals surface area contributed by atoms with E-state index in [-0.39, 0.29) is 5.91 Å². The minimum atomic E-state index is 0.197. The molecule has 0 radical (unpaired) electrons. The first-order valence-electron chi connectivity index (χ1n) is 11.6. The molecule has 5 nitrogen and oxygen atoms in total. The van der Waals surface area contributed by atoms with Gasteiger partial charge in [0.25, 0.3) is 0 Å². The molecule has 160 valence electrons. The van der Waals surface area contributed by atoms with Gasteiger partial charge in [-0.2, -0.15) is 0 Å². The number of aryl methyl sites for hydroxylation is 1. The molecule has 1 aliphatic carbocycles. The van der Waals surface area contributed by atoms with E-state index in [1.807, 2.05) is 4.90 Å². The van der Waals surface area contributed by atoms with E-state index in [0.717, 1.165) is 57.4 Å². The molecule has 1 aromatic carbocycles. The number of carbonyl (C=O) groups is 1. The molecule has 0 bridgehead atoms. The second-order valence-corrected chi connectivity index (χ2v) is 9.10. The number of hydrogen-bond donors (Lipinski definition) is 0. The van der Waals surface area contributed by atoms with Crippen LogP contribution >= 0.6 is 0 Å². The quantitative estimate of drug-likeness (QED) is 0.661. The van der Waals surface area contributed by atoms with Gasteiger partial charge in [0.05, 0.1) is 6.61 Å². The van der Waals surface area contributed by atoms with Gasteiger partial charge in [0.15, 0.2) is 0 Å². The van der Waals surface area contributed by atoms with Crippen LogP contribution in [0.4, 0.5) is 0 Å². The van der Waals surface area contributed by atoms with E-state index < -0.39 is 0 Å². The Morgan fingerprint density at radius 3 is 2.59 bits per heavy atom. The SMILES string of the molecule is CC(=O)N1CCN(CCCOc2ccc3c(c2)CCC(CN2CCCC2)C3)CC1. The summed E-state index contributed by atoms with van der Waals surface area (Å²) in [5, 5.41) is 0. The highest BCUT2D eigenvalue weighted by Gasteiger charge is 2.23. The summed E-state index contributed by atoms with van der Waals surface area (Å²) in [4.78, 5) is 18.4. The first-order chi connectivity index (χ1) is 14.2. The van der Waals surface area contributed by atoms with Crippen LogP contribution in [0.5, 0.6) is 5.75 Å². The Morgan fingerprint density at radius 1 is 1.03 bits per heavy atom. The van der Waals surface area contributed by atoms with Gasteiger partial charge in [-0.05, 0) is 80.8 Å². The van der Waals surface area contributed by atoms with Gasteiger partial charge in [0.2, 0.25) is 5.91 Å². The molecule has 2 fully saturated rings. The second-order valence-electron chi connectivity index (χ2n) is 9.10. The summed E-state index contributed by atoms with van der Waals surface area (Å²) in [7, 11) is 0. The fourth-order valence-corrected chi connectivity index (χ4v) is 5.15. The number of amides is 1. The predicted octanol–water partition coefficient (Wildman–Crippen LogP) is 2.82. The largest absolute Gasteiger partial charge is 0.494 e. The molecule has 29 heavy (non-hydrogen) atoms. The first-order valence-corrected chi connectivity index (χ1v) is 11.6. The third-order valence-electron chi connectivity index (χ3n) is 6.93. The average Bonchev–Trinajstić information content (AvgIpc) is 3.24. The molecule has 0 spiro atoms. The highest BCUT2D eigenvalue weighted by atomic mass is 16.5. The molecule has 5 heteroatoms. The topological polar surface area (TPSA) is 36.0 Å². The van der Waals surface area contributed by atoms with E-state index in [1.54, 1.807) is 6.92 Å². The minimum absolute atomic E-state index is 0.197. The number of nitrogens with zero attached hydrogens (tertiary/aromatic N) is 3. The molecule has 0 saturated carbocycles. The van der Waals surface area contributed by atoms with Crippen molar-refractivity contribution in [2.75, 3.05) is 59.0 Å². The number of fused-ring (bicyclic) bond motifs is 1. The Kier molecular flexibility index (Phi) is 7.09. The fourth-order valence-electron chi connectivity index (χ4n) is 5.15. The molecular formula is C24H37N3O2. The van der Waals surface area contributed by atoms with E-state index >= 15 is 0 Å². The van der Waals surface area contributed by atoms with Crippen molar-refractivity contribution in [2.24, 2.45) is 5.92 Å². The van der Waals surface area contributed by atoms with Crippen molar-refractivity contribution < 1.29 is 9.53 Å². The van der Waals surface area contributed by atoms with Crippen molar-refractivity contribution in [1.82, 2.24) is 14.7 Å². The molecule has 2 saturated heterocycles. The highest BCUT2D eigenvalue weighted by molar-refractivity contribution is 5.73. The summed E-state index contributed by atoms with van der Waals surface area (Å²) in [6, 6.07) is 6.76. The molecule has 3 aliphatic rings. The molecule has 0 N–H and O–H groups in total. The Balaban J connectivity index is 1.17. The number of benzene rings is 1. The van der Waals surface area contributed by atoms with Gasteiger partial charge >= 0.3 is 0 Å². The fraction of sp³-hybridized carbons (Fsp3) is 0.708. The van der Waals surface area contributed by atoms with E-state index in [2.05, 4.69) is 28.0 Å². The van der Waals surface area contributed by atoms with Crippen LogP contribution in [0.15, 0.2) is 18.2 Å². The van der Waals surface area contributed by atoms with Gasteiger partial charge in [-0.3, -0.25) is 9.69 Å². The van der Waals surface area contributed by atoms with Crippen LogP contribution in [-0.2, 0) is 17.6 Å². The number of carbonyl (C=O) groups excluding carboxylic acids is 1. The number of rotatable bonds is 7. The standard InChI is InChI=1S/C24H37N3O2/c1-20(28)27-14-12-25(13-15-27)11-4-16-29-24-8-7-22-17-21(5-6-23(22)18-24)19-26-9-2-3-10-26/h7-8,18,21H,2-6,9-17,19H2,1H3. The maximum Gasteiger partial charge on any atom is 0.219 e. The Hall–Kier alpha value is -1.59. The van der Waals surface area contributed by atoms with Crippen LogP contribution in [0, 0.1) is 5.92 Å². The molecule has 1 atom stereocenters. The number of piperazine rings is 1. The molecule has 4 rings (SSSR count). The van der Waals surface area contributed by atoms with Gasteiger partial charge in [-0.15, -0.1) is 0 Å². The summed E-state index contributed by atoms with van der Waals surface area (Å²) < 4.78 is 6.06. The van der Waals surface area contributed by atoms with Crippen LogP contribution in [0.1, 0.15) is 43.7 Å². The summed E-state index contributed by atoms with van der Waals surface area (Å²) in [6.45, 7) is 11.1. The van der Waals surface area contributed by atoms with Gasteiger partial charge in [-0.25, -0.2) is 0 Å². The number of likely N-dealkylation sites (tertiary alicyclic amines) is 1. The zero-order valence-corrected chi connectivity index (χ0v) is 18.1. The van der Waals surface area contributed by atoms with E-state index in [4.69, 9.17) is 4.74 Å². The lowest BCUT2D eigenvalue weighted by Crippen LogP contribution is -2.48. The zero-order chi connectivity index (χ0) is 20.1. The lowest BCUT2D eigenvalue weighted by atomic mass is 9.83. The smallest absolute Gasteiger partial charge is 0.219 e. The van der Waals surface area contributed by atoms with Gasteiger partial charge < -0.3 is 14.5 Å². The van der Waals surface area contributed by atoms with Crippen molar-refractivity contribution in [1.29, 1.82) is 0 Å². The summed E-state index contributed by atoms with van der Waals surface area (Å²) in [6.07, 6.45) is 7.56. The van der Waals surface area contributed by atoms with Gasteiger partial charge in [0, 0.05) is 46.2 Å². The van der Waals surface area contributed by atoms with Crippen molar-refractivity contribution in [3.63, 3.8) is 0 Å². The maximum atomic E-state index is 11.4. The van der Waals surface area contributed by atoms with Crippen LogP contribution in [0.25, 0.3) is 0 Å².